The minimum Gasteiger partial charge on any atom is -0.452 e. The van der Waals surface area contributed by atoms with Gasteiger partial charge in [0.05, 0.1) is 20.6 Å². The molecular formula is C16H9Cl3N2O3. The van der Waals surface area contributed by atoms with Gasteiger partial charge in [0.2, 0.25) is 5.82 Å². The molecule has 0 saturated carbocycles. The van der Waals surface area contributed by atoms with Crippen LogP contribution in [0.4, 0.5) is 0 Å². The van der Waals surface area contributed by atoms with Gasteiger partial charge >= 0.3 is 5.97 Å². The van der Waals surface area contributed by atoms with Crippen LogP contribution in [0.5, 0.6) is 0 Å². The van der Waals surface area contributed by atoms with Crippen molar-refractivity contribution in [1.82, 2.24) is 10.1 Å². The molecule has 0 fully saturated rings. The fourth-order valence-electron chi connectivity index (χ4n) is 1.93. The van der Waals surface area contributed by atoms with Crippen LogP contribution in [0.3, 0.4) is 0 Å². The van der Waals surface area contributed by atoms with E-state index in [1.54, 1.807) is 0 Å². The van der Waals surface area contributed by atoms with Crippen LogP contribution in [-0.2, 0) is 11.3 Å². The quantitative estimate of drug-likeness (QED) is 0.466. The maximum Gasteiger partial charge on any atom is 0.341 e. The topological polar surface area (TPSA) is 65.2 Å². The minimum absolute atomic E-state index is 0.00590. The summed E-state index contributed by atoms with van der Waals surface area (Å²) in [4.78, 5) is 16.3. The van der Waals surface area contributed by atoms with Gasteiger partial charge in [0.25, 0.3) is 5.89 Å². The maximum atomic E-state index is 12.1. The van der Waals surface area contributed by atoms with Gasteiger partial charge in [-0.2, -0.15) is 4.98 Å². The van der Waals surface area contributed by atoms with Crippen molar-refractivity contribution in [1.29, 1.82) is 0 Å². The van der Waals surface area contributed by atoms with Crippen LogP contribution in [0.25, 0.3) is 11.4 Å². The summed E-state index contributed by atoms with van der Waals surface area (Å²) in [6.45, 7) is -0.210. The van der Waals surface area contributed by atoms with E-state index in [-0.39, 0.29) is 33.1 Å². The maximum absolute atomic E-state index is 12.1. The zero-order chi connectivity index (χ0) is 17.1. The molecule has 0 bridgehead atoms. The van der Waals surface area contributed by atoms with E-state index in [1.807, 2.05) is 30.3 Å². The molecule has 0 aliphatic carbocycles. The van der Waals surface area contributed by atoms with Gasteiger partial charge in [0.15, 0.2) is 6.61 Å². The van der Waals surface area contributed by atoms with Crippen LogP contribution in [0.2, 0.25) is 15.1 Å². The average molecular weight is 384 g/mol. The molecular weight excluding hydrogens is 375 g/mol. The van der Waals surface area contributed by atoms with Gasteiger partial charge in [-0.15, -0.1) is 0 Å². The molecule has 1 heterocycles. The second-order valence-electron chi connectivity index (χ2n) is 4.67. The number of hydrogen-bond donors (Lipinski definition) is 0. The lowest BCUT2D eigenvalue weighted by Crippen LogP contribution is -2.07. The number of aromatic nitrogens is 2. The van der Waals surface area contributed by atoms with Crippen LogP contribution in [0.1, 0.15) is 16.2 Å². The summed E-state index contributed by atoms with van der Waals surface area (Å²) >= 11 is 17.8. The number of ether oxygens (including phenoxy) is 1. The smallest absolute Gasteiger partial charge is 0.341 e. The van der Waals surface area contributed by atoms with Crippen molar-refractivity contribution < 1.29 is 14.1 Å². The van der Waals surface area contributed by atoms with E-state index in [0.717, 1.165) is 5.56 Å². The SMILES string of the molecule is O=C(OCc1nc(-c2ccccc2)no1)c1c(Cl)ccc(Cl)c1Cl. The number of halogens is 3. The van der Waals surface area contributed by atoms with E-state index >= 15 is 0 Å². The highest BCUT2D eigenvalue weighted by atomic mass is 35.5. The van der Waals surface area contributed by atoms with Crippen LogP contribution < -0.4 is 0 Å². The van der Waals surface area contributed by atoms with Gasteiger partial charge in [-0.1, -0.05) is 70.3 Å². The van der Waals surface area contributed by atoms with Crippen molar-refractivity contribution in [3.05, 3.63) is 69.0 Å². The Morgan fingerprint density at radius 3 is 2.50 bits per heavy atom. The summed E-state index contributed by atoms with van der Waals surface area (Å²) in [6, 6.07) is 12.2. The van der Waals surface area contributed by atoms with Gasteiger partial charge in [-0.05, 0) is 12.1 Å². The third kappa shape index (κ3) is 3.53. The molecule has 2 aromatic carbocycles. The fraction of sp³-hybridized carbons (Fsp3) is 0.0625. The van der Waals surface area contributed by atoms with Crippen molar-refractivity contribution in [2.45, 2.75) is 6.61 Å². The zero-order valence-corrected chi connectivity index (χ0v) is 14.3. The van der Waals surface area contributed by atoms with Crippen molar-refractivity contribution in [3.8, 4) is 11.4 Å². The predicted octanol–water partition coefficient (Wildman–Crippen LogP) is 5.05. The lowest BCUT2D eigenvalue weighted by atomic mass is 10.2. The Morgan fingerprint density at radius 1 is 1.04 bits per heavy atom. The molecule has 0 N–H and O–H groups in total. The molecule has 8 heteroatoms. The molecule has 0 unspecified atom stereocenters. The Bertz CT molecular complexity index is 882. The first-order valence-corrected chi connectivity index (χ1v) is 7.88. The lowest BCUT2D eigenvalue weighted by Gasteiger charge is -2.07. The first-order valence-electron chi connectivity index (χ1n) is 6.75. The van der Waals surface area contributed by atoms with Crippen LogP contribution in [0, 0.1) is 0 Å². The first kappa shape index (κ1) is 16.8. The second kappa shape index (κ2) is 7.21. The molecule has 3 aromatic rings. The third-order valence-electron chi connectivity index (χ3n) is 3.07. The van der Waals surface area contributed by atoms with Crippen LogP contribution >= 0.6 is 34.8 Å². The molecule has 0 atom stereocenters. The molecule has 5 nitrogen and oxygen atoms in total. The van der Waals surface area contributed by atoms with Gasteiger partial charge in [0.1, 0.15) is 0 Å². The summed E-state index contributed by atoms with van der Waals surface area (Å²) < 4.78 is 10.2. The number of benzene rings is 2. The zero-order valence-electron chi connectivity index (χ0n) is 12.0. The lowest BCUT2D eigenvalue weighted by molar-refractivity contribution is 0.0430. The number of carbonyl (C=O) groups is 1. The van der Waals surface area contributed by atoms with E-state index < -0.39 is 5.97 Å². The first-order chi connectivity index (χ1) is 11.6. The Hall–Kier alpha value is -2.08. The largest absolute Gasteiger partial charge is 0.452 e. The monoisotopic (exact) mass is 382 g/mol. The van der Waals surface area contributed by atoms with E-state index in [2.05, 4.69) is 10.1 Å². The summed E-state index contributed by atoms with van der Waals surface area (Å²) in [5, 5.41) is 4.22. The summed E-state index contributed by atoms with van der Waals surface area (Å²) in [5.41, 5.74) is 0.786. The molecule has 0 aliphatic heterocycles. The van der Waals surface area contributed by atoms with E-state index in [1.165, 1.54) is 12.1 Å². The second-order valence-corrected chi connectivity index (χ2v) is 5.86. The Balaban J connectivity index is 1.72. The highest BCUT2D eigenvalue weighted by molar-refractivity contribution is 6.46. The van der Waals surface area contributed by atoms with Crippen molar-refractivity contribution >= 4 is 40.8 Å². The molecule has 3 rings (SSSR count). The van der Waals surface area contributed by atoms with E-state index in [0.29, 0.717) is 5.82 Å². The predicted molar refractivity (Wildman–Crippen MR) is 90.3 cm³/mol. The van der Waals surface area contributed by atoms with Crippen LogP contribution in [-0.4, -0.2) is 16.1 Å². The molecule has 122 valence electrons. The Kier molecular flexibility index (Phi) is 5.04. The van der Waals surface area contributed by atoms with Crippen molar-refractivity contribution in [3.63, 3.8) is 0 Å². The van der Waals surface area contributed by atoms with Crippen molar-refractivity contribution in [2.75, 3.05) is 0 Å². The van der Waals surface area contributed by atoms with Gasteiger partial charge in [-0.25, -0.2) is 4.79 Å². The summed E-state index contributed by atoms with van der Waals surface area (Å²) in [5.74, 6) is -0.177. The summed E-state index contributed by atoms with van der Waals surface area (Å²) in [7, 11) is 0. The molecule has 0 radical (unpaired) electrons. The number of rotatable bonds is 4. The molecule has 24 heavy (non-hydrogen) atoms. The standard InChI is InChI=1S/C16H9Cl3N2O3/c17-10-6-7-11(18)14(19)13(10)16(22)23-8-12-20-15(21-24-12)9-4-2-1-3-5-9/h1-7H,8H2. The van der Waals surface area contributed by atoms with Gasteiger partial charge < -0.3 is 9.26 Å². The number of hydrogen-bond acceptors (Lipinski definition) is 5. The highest BCUT2D eigenvalue weighted by Gasteiger charge is 2.20. The Labute approximate surface area is 152 Å². The summed E-state index contributed by atoms with van der Waals surface area (Å²) in [6.07, 6.45) is 0. The molecule has 0 saturated heterocycles. The number of esters is 1. The molecule has 0 spiro atoms. The molecule has 1 aromatic heterocycles. The third-order valence-corrected chi connectivity index (χ3v) is 4.19. The van der Waals surface area contributed by atoms with Crippen LogP contribution in [0.15, 0.2) is 47.0 Å². The number of nitrogens with zero attached hydrogens (tertiary/aromatic N) is 2. The van der Waals surface area contributed by atoms with E-state index in [9.17, 15) is 4.79 Å². The molecule has 0 aliphatic rings. The highest BCUT2D eigenvalue weighted by Crippen LogP contribution is 2.32. The minimum atomic E-state index is -0.730. The van der Waals surface area contributed by atoms with E-state index in [4.69, 9.17) is 44.1 Å². The number of carbonyl (C=O) groups excluding carboxylic acids is 1. The Morgan fingerprint density at radius 2 is 1.75 bits per heavy atom. The van der Waals surface area contributed by atoms with Gasteiger partial charge in [0, 0.05) is 5.56 Å². The average Bonchev–Trinajstić information content (AvgIpc) is 3.06. The van der Waals surface area contributed by atoms with Crippen molar-refractivity contribution in [2.24, 2.45) is 0 Å². The fourth-order valence-corrected chi connectivity index (χ4v) is 2.61. The van der Waals surface area contributed by atoms with Gasteiger partial charge in [-0.3, -0.25) is 0 Å². The molecule has 0 amide bonds. The normalized spacial score (nSPS) is 10.6.